The minimum atomic E-state index is -0.244. The number of nitrogens with zero attached hydrogens (tertiary/aromatic N) is 5. The van der Waals surface area contributed by atoms with Crippen molar-refractivity contribution in [2.75, 3.05) is 12.0 Å². The van der Waals surface area contributed by atoms with Crippen molar-refractivity contribution in [1.29, 1.82) is 0 Å². The monoisotopic (exact) mass is 454 g/mol. The average Bonchev–Trinajstić information content (AvgIpc) is 3.33. The molecule has 4 aromatic rings. The second kappa shape index (κ2) is 9.11. The lowest BCUT2D eigenvalue weighted by Gasteiger charge is -2.17. The SMILES string of the molecule is CSCCC(NC(=O)c1ccc(-n2nc(C)c(Cl)c2C)cc1)c1nnc2ccccn12. The number of thioether (sulfide) groups is 1. The summed E-state index contributed by atoms with van der Waals surface area (Å²) < 4.78 is 3.70. The summed E-state index contributed by atoms with van der Waals surface area (Å²) in [6.07, 6.45) is 4.72. The van der Waals surface area contributed by atoms with Crippen LogP contribution in [0, 0.1) is 13.8 Å². The molecular formula is C22H23ClN6OS. The van der Waals surface area contributed by atoms with Crippen LogP contribution in [0.3, 0.4) is 0 Å². The molecule has 0 aliphatic heterocycles. The Kier molecular flexibility index (Phi) is 6.29. The Morgan fingerprint density at radius 3 is 2.61 bits per heavy atom. The molecule has 0 aliphatic carbocycles. The first-order valence-corrected chi connectivity index (χ1v) is 11.7. The van der Waals surface area contributed by atoms with E-state index in [0.717, 1.165) is 40.7 Å². The van der Waals surface area contributed by atoms with Crippen LogP contribution in [0.1, 0.15) is 40.0 Å². The maximum Gasteiger partial charge on any atom is 0.251 e. The van der Waals surface area contributed by atoms with Crippen molar-refractivity contribution < 1.29 is 4.79 Å². The highest BCUT2D eigenvalue weighted by molar-refractivity contribution is 7.98. The number of aryl methyl sites for hydroxylation is 1. The van der Waals surface area contributed by atoms with Gasteiger partial charge in [-0.25, -0.2) is 4.68 Å². The molecule has 4 rings (SSSR count). The Bertz CT molecular complexity index is 1220. The van der Waals surface area contributed by atoms with E-state index < -0.39 is 0 Å². The Hall–Kier alpha value is -2.84. The molecule has 1 aromatic carbocycles. The molecule has 3 heterocycles. The summed E-state index contributed by atoms with van der Waals surface area (Å²) in [5, 5.41) is 16.8. The van der Waals surface area contributed by atoms with E-state index in [4.69, 9.17) is 11.6 Å². The van der Waals surface area contributed by atoms with Gasteiger partial charge in [0.2, 0.25) is 0 Å². The number of hydrogen-bond donors (Lipinski definition) is 1. The van der Waals surface area contributed by atoms with Gasteiger partial charge in [0, 0.05) is 11.8 Å². The summed E-state index contributed by atoms with van der Waals surface area (Å²) in [5.41, 5.74) is 3.82. The van der Waals surface area contributed by atoms with E-state index in [1.54, 1.807) is 28.6 Å². The second-order valence-electron chi connectivity index (χ2n) is 7.24. The molecule has 7 nitrogen and oxygen atoms in total. The van der Waals surface area contributed by atoms with Gasteiger partial charge < -0.3 is 5.32 Å². The van der Waals surface area contributed by atoms with Crippen molar-refractivity contribution in [3.8, 4) is 5.69 Å². The number of benzene rings is 1. The lowest BCUT2D eigenvalue weighted by Crippen LogP contribution is -2.30. The summed E-state index contributed by atoms with van der Waals surface area (Å²) in [6, 6.07) is 12.8. The van der Waals surface area contributed by atoms with Crippen molar-refractivity contribution in [3.63, 3.8) is 0 Å². The van der Waals surface area contributed by atoms with Gasteiger partial charge in [-0.3, -0.25) is 9.20 Å². The molecule has 1 unspecified atom stereocenters. The van der Waals surface area contributed by atoms with E-state index in [2.05, 4.69) is 20.6 Å². The van der Waals surface area contributed by atoms with Gasteiger partial charge in [-0.2, -0.15) is 16.9 Å². The van der Waals surface area contributed by atoms with Crippen molar-refractivity contribution in [2.45, 2.75) is 26.3 Å². The van der Waals surface area contributed by atoms with Crippen LogP contribution in [0.5, 0.6) is 0 Å². The molecule has 3 aromatic heterocycles. The molecular weight excluding hydrogens is 432 g/mol. The predicted molar refractivity (Wildman–Crippen MR) is 124 cm³/mol. The first-order chi connectivity index (χ1) is 15.0. The van der Waals surface area contributed by atoms with E-state index in [1.165, 1.54) is 0 Å². The third-order valence-corrected chi connectivity index (χ3v) is 6.34. The van der Waals surface area contributed by atoms with Gasteiger partial charge in [0.05, 0.1) is 28.1 Å². The standard InChI is InChI=1S/C22H23ClN6OS/c1-14-20(23)15(2)29(27-14)17-9-7-16(8-10-17)22(30)24-18(11-13-31-3)21-26-25-19-6-4-5-12-28(19)21/h4-10,12,18H,11,13H2,1-3H3,(H,24,30). The zero-order valence-corrected chi connectivity index (χ0v) is 19.1. The van der Waals surface area contributed by atoms with Crippen molar-refractivity contribution in [3.05, 3.63) is 76.5 Å². The zero-order chi connectivity index (χ0) is 22.0. The van der Waals surface area contributed by atoms with Gasteiger partial charge >= 0.3 is 0 Å². The summed E-state index contributed by atoms with van der Waals surface area (Å²) in [4.78, 5) is 13.0. The molecule has 1 atom stereocenters. The molecule has 0 saturated heterocycles. The molecule has 0 radical (unpaired) electrons. The van der Waals surface area contributed by atoms with Crippen molar-refractivity contribution in [1.82, 2.24) is 29.7 Å². The highest BCUT2D eigenvalue weighted by atomic mass is 35.5. The topological polar surface area (TPSA) is 77.1 Å². The Morgan fingerprint density at radius 1 is 1.16 bits per heavy atom. The lowest BCUT2D eigenvalue weighted by atomic mass is 10.1. The fourth-order valence-electron chi connectivity index (χ4n) is 3.47. The molecule has 0 spiro atoms. The number of fused-ring (bicyclic) bond motifs is 1. The van der Waals surface area contributed by atoms with Crippen molar-refractivity contribution >= 4 is 34.9 Å². The molecule has 0 bridgehead atoms. The third-order valence-electron chi connectivity index (χ3n) is 5.14. The highest BCUT2D eigenvalue weighted by Crippen LogP contribution is 2.23. The van der Waals surface area contributed by atoms with Gasteiger partial charge in [0.25, 0.3) is 5.91 Å². The smallest absolute Gasteiger partial charge is 0.251 e. The van der Waals surface area contributed by atoms with Crippen LogP contribution in [0.2, 0.25) is 5.02 Å². The Labute approximate surface area is 189 Å². The number of rotatable bonds is 7. The lowest BCUT2D eigenvalue weighted by molar-refractivity contribution is 0.0934. The normalized spacial score (nSPS) is 12.3. The Morgan fingerprint density at radius 2 is 1.94 bits per heavy atom. The van der Waals surface area contributed by atoms with Crippen LogP contribution in [0.4, 0.5) is 0 Å². The van der Waals surface area contributed by atoms with Crippen LogP contribution in [-0.4, -0.2) is 42.3 Å². The molecule has 9 heteroatoms. The Balaban J connectivity index is 1.56. The maximum absolute atomic E-state index is 13.0. The number of carbonyl (C=O) groups excluding carboxylic acids is 1. The zero-order valence-electron chi connectivity index (χ0n) is 17.5. The third kappa shape index (κ3) is 4.31. The van der Waals surface area contributed by atoms with Crippen LogP contribution < -0.4 is 5.32 Å². The van der Waals surface area contributed by atoms with Crippen LogP contribution in [0.25, 0.3) is 11.3 Å². The first kappa shape index (κ1) is 21.4. The van der Waals surface area contributed by atoms with E-state index >= 15 is 0 Å². The predicted octanol–water partition coefficient (Wildman–Crippen LogP) is 4.41. The number of hydrogen-bond acceptors (Lipinski definition) is 5. The summed E-state index contributed by atoms with van der Waals surface area (Å²) in [6.45, 7) is 3.79. The summed E-state index contributed by atoms with van der Waals surface area (Å²) in [7, 11) is 0. The number of pyridine rings is 1. The minimum absolute atomic E-state index is 0.156. The van der Waals surface area contributed by atoms with Crippen LogP contribution >= 0.6 is 23.4 Å². The number of aromatic nitrogens is 5. The molecule has 1 N–H and O–H groups in total. The highest BCUT2D eigenvalue weighted by Gasteiger charge is 2.21. The van der Waals surface area contributed by atoms with Gasteiger partial charge in [-0.15, -0.1) is 10.2 Å². The fourth-order valence-corrected chi connectivity index (χ4v) is 4.06. The van der Waals surface area contributed by atoms with E-state index in [-0.39, 0.29) is 11.9 Å². The number of nitrogens with one attached hydrogen (secondary N) is 1. The molecule has 0 aliphatic rings. The first-order valence-electron chi connectivity index (χ1n) is 9.91. The largest absolute Gasteiger partial charge is 0.342 e. The van der Waals surface area contributed by atoms with Gasteiger partial charge in [0.15, 0.2) is 11.5 Å². The van der Waals surface area contributed by atoms with E-state index in [9.17, 15) is 4.79 Å². The summed E-state index contributed by atoms with van der Waals surface area (Å²) in [5.74, 6) is 1.47. The molecule has 0 saturated carbocycles. The molecule has 160 valence electrons. The maximum atomic E-state index is 13.0. The van der Waals surface area contributed by atoms with Crippen LogP contribution in [0.15, 0.2) is 48.7 Å². The molecule has 0 fully saturated rings. The van der Waals surface area contributed by atoms with Gasteiger partial charge in [-0.05, 0) is 68.7 Å². The number of amides is 1. The van der Waals surface area contributed by atoms with Crippen molar-refractivity contribution in [2.24, 2.45) is 0 Å². The fraction of sp³-hybridized carbons (Fsp3) is 0.273. The van der Waals surface area contributed by atoms with E-state index in [0.29, 0.717) is 10.6 Å². The summed E-state index contributed by atoms with van der Waals surface area (Å²) >= 11 is 7.99. The number of carbonyl (C=O) groups is 1. The average molecular weight is 455 g/mol. The van der Waals surface area contributed by atoms with Crippen LogP contribution in [-0.2, 0) is 0 Å². The van der Waals surface area contributed by atoms with Gasteiger partial charge in [-0.1, -0.05) is 17.7 Å². The minimum Gasteiger partial charge on any atom is -0.342 e. The second-order valence-corrected chi connectivity index (χ2v) is 8.60. The molecule has 1 amide bonds. The van der Waals surface area contributed by atoms with Gasteiger partial charge in [0.1, 0.15) is 0 Å². The number of halogens is 1. The molecule has 31 heavy (non-hydrogen) atoms. The quantitative estimate of drug-likeness (QED) is 0.447. The van der Waals surface area contributed by atoms with E-state index in [1.807, 2.05) is 61.0 Å².